The Bertz CT molecular complexity index is 590. The van der Waals surface area contributed by atoms with Crippen molar-refractivity contribution in [3.8, 4) is 0 Å². The molecule has 0 saturated carbocycles. The van der Waals surface area contributed by atoms with Gasteiger partial charge in [-0.1, -0.05) is 40.9 Å². The molecule has 6 heteroatoms. The van der Waals surface area contributed by atoms with Crippen molar-refractivity contribution in [3.63, 3.8) is 0 Å². The summed E-state index contributed by atoms with van der Waals surface area (Å²) in [6.07, 6.45) is 4.78. The third-order valence-corrected chi connectivity index (χ3v) is 4.10. The Morgan fingerprint density at radius 2 is 1.85 bits per heavy atom. The number of halogens is 3. The molecule has 0 aliphatic carbocycles. The van der Waals surface area contributed by atoms with Gasteiger partial charge in [-0.05, 0) is 42.2 Å². The number of hydrogen-bond donors (Lipinski definition) is 2. The number of benzene rings is 1. The van der Waals surface area contributed by atoms with Gasteiger partial charge in [0.25, 0.3) is 0 Å². The molecule has 106 valence electrons. The predicted octanol–water partition coefficient (Wildman–Crippen LogP) is 3.66. The molecule has 0 aliphatic rings. The number of nitrogens with two attached hydrogens (primary N) is 1. The Morgan fingerprint density at radius 3 is 2.50 bits per heavy atom. The number of aromatic nitrogens is 1. The fraction of sp³-hybridized carbons (Fsp3) is 0.214. The van der Waals surface area contributed by atoms with Gasteiger partial charge in [-0.15, -0.1) is 0 Å². The second-order valence-corrected chi connectivity index (χ2v) is 5.71. The number of pyridine rings is 1. The van der Waals surface area contributed by atoms with Gasteiger partial charge in [-0.2, -0.15) is 0 Å². The maximum absolute atomic E-state index is 6.10. The first-order valence-corrected chi connectivity index (χ1v) is 7.22. The highest BCUT2D eigenvalue weighted by atomic mass is 35.5. The SMILES string of the molecule is NNC(Cc1ccc(Cl)c(Cl)c1)Cc1ccncc1Cl. The topological polar surface area (TPSA) is 50.9 Å². The molecular weight excluding hydrogens is 317 g/mol. The molecule has 0 radical (unpaired) electrons. The number of hydrazine groups is 1. The second-order valence-electron chi connectivity index (χ2n) is 4.49. The number of nitrogens with zero attached hydrogens (tertiary/aromatic N) is 1. The molecule has 0 aliphatic heterocycles. The molecule has 0 amide bonds. The van der Waals surface area contributed by atoms with Crippen LogP contribution >= 0.6 is 34.8 Å². The minimum absolute atomic E-state index is 0.0483. The maximum atomic E-state index is 6.10. The fourth-order valence-corrected chi connectivity index (χ4v) is 2.49. The van der Waals surface area contributed by atoms with Crippen LogP contribution in [0, 0.1) is 0 Å². The zero-order chi connectivity index (χ0) is 14.5. The van der Waals surface area contributed by atoms with Crippen molar-refractivity contribution in [2.75, 3.05) is 0 Å². The molecule has 0 saturated heterocycles. The van der Waals surface area contributed by atoms with Crippen LogP contribution in [0.3, 0.4) is 0 Å². The van der Waals surface area contributed by atoms with Gasteiger partial charge in [0.05, 0.1) is 15.1 Å². The molecule has 3 nitrogen and oxygen atoms in total. The van der Waals surface area contributed by atoms with E-state index in [4.69, 9.17) is 40.6 Å². The van der Waals surface area contributed by atoms with Crippen LogP contribution in [0.25, 0.3) is 0 Å². The first-order valence-electron chi connectivity index (χ1n) is 6.08. The lowest BCUT2D eigenvalue weighted by Gasteiger charge is -2.17. The molecule has 1 aromatic heterocycles. The largest absolute Gasteiger partial charge is 0.271 e. The molecule has 0 bridgehead atoms. The van der Waals surface area contributed by atoms with Crippen LogP contribution in [0.5, 0.6) is 0 Å². The van der Waals surface area contributed by atoms with Gasteiger partial charge >= 0.3 is 0 Å². The molecule has 0 spiro atoms. The van der Waals surface area contributed by atoms with Gasteiger partial charge < -0.3 is 0 Å². The summed E-state index contributed by atoms with van der Waals surface area (Å²) in [5, 5.41) is 1.73. The van der Waals surface area contributed by atoms with Crippen molar-refractivity contribution in [1.29, 1.82) is 0 Å². The third-order valence-electron chi connectivity index (χ3n) is 3.02. The second kappa shape index (κ2) is 7.25. The summed E-state index contributed by atoms with van der Waals surface area (Å²) in [7, 11) is 0. The highest BCUT2D eigenvalue weighted by Gasteiger charge is 2.12. The molecule has 3 N–H and O–H groups in total. The highest BCUT2D eigenvalue weighted by Crippen LogP contribution is 2.24. The normalized spacial score (nSPS) is 12.4. The summed E-state index contributed by atoms with van der Waals surface area (Å²) in [6, 6.07) is 7.51. The van der Waals surface area contributed by atoms with Crippen molar-refractivity contribution in [2.24, 2.45) is 5.84 Å². The van der Waals surface area contributed by atoms with Gasteiger partial charge in [0.2, 0.25) is 0 Å². The lowest BCUT2D eigenvalue weighted by Crippen LogP contribution is -2.38. The summed E-state index contributed by atoms with van der Waals surface area (Å²) in [5.74, 6) is 5.62. The minimum Gasteiger partial charge on any atom is -0.271 e. The van der Waals surface area contributed by atoms with Crippen LogP contribution in [0.1, 0.15) is 11.1 Å². The van der Waals surface area contributed by atoms with E-state index < -0.39 is 0 Å². The van der Waals surface area contributed by atoms with Gasteiger partial charge in [0, 0.05) is 18.4 Å². The van der Waals surface area contributed by atoms with Gasteiger partial charge in [-0.3, -0.25) is 16.3 Å². The molecule has 0 fully saturated rings. The highest BCUT2D eigenvalue weighted by molar-refractivity contribution is 6.42. The van der Waals surface area contributed by atoms with E-state index in [0.717, 1.165) is 17.5 Å². The summed E-state index contributed by atoms with van der Waals surface area (Å²) in [4.78, 5) is 3.97. The first kappa shape index (κ1) is 15.5. The van der Waals surface area contributed by atoms with Crippen LogP contribution in [0.4, 0.5) is 0 Å². The van der Waals surface area contributed by atoms with E-state index in [-0.39, 0.29) is 6.04 Å². The van der Waals surface area contributed by atoms with Crippen LogP contribution in [0.2, 0.25) is 15.1 Å². The van der Waals surface area contributed by atoms with E-state index in [0.29, 0.717) is 21.5 Å². The van der Waals surface area contributed by atoms with E-state index >= 15 is 0 Å². The van der Waals surface area contributed by atoms with Crippen molar-refractivity contribution in [2.45, 2.75) is 18.9 Å². The first-order chi connectivity index (χ1) is 9.60. The van der Waals surface area contributed by atoms with E-state index in [9.17, 15) is 0 Å². The maximum Gasteiger partial charge on any atom is 0.0621 e. The zero-order valence-corrected chi connectivity index (χ0v) is 12.9. The Balaban J connectivity index is 2.09. The average molecular weight is 331 g/mol. The lowest BCUT2D eigenvalue weighted by molar-refractivity contribution is 0.522. The predicted molar refractivity (Wildman–Crippen MR) is 84.2 cm³/mol. The minimum atomic E-state index is 0.0483. The fourth-order valence-electron chi connectivity index (χ4n) is 1.98. The Labute approximate surface area is 133 Å². The molecule has 1 heterocycles. The van der Waals surface area contributed by atoms with Crippen LogP contribution in [0.15, 0.2) is 36.7 Å². The van der Waals surface area contributed by atoms with Gasteiger partial charge in [0.1, 0.15) is 0 Å². The van der Waals surface area contributed by atoms with Crippen LogP contribution in [-0.4, -0.2) is 11.0 Å². The van der Waals surface area contributed by atoms with E-state index in [2.05, 4.69) is 10.4 Å². The number of rotatable bonds is 5. The Hall–Kier alpha value is -0.840. The molecule has 20 heavy (non-hydrogen) atoms. The van der Waals surface area contributed by atoms with Gasteiger partial charge in [-0.25, -0.2) is 0 Å². The van der Waals surface area contributed by atoms with Crippen LogP contribution in [-0.2, 0) is 12.8 Å². The smallest absolute Gasteiger partial charge is 0.0621 e. The van der Waals surface area contributed by atoms with Crippen molar-refractivity contribution in [3.05, 3.63) is 62.9 Å². The Morgan fingerprint density at radius 1 is 1.05 bits per heavy atom. The molecule has 2 rings (SSSR count). The summed E-state index contributed by atoms with van der Waals surface area (Å²) >= 11 is 18.0. The van der Waals surface area contributed by atoms with E-state index in [1.54, 1.807) is 18.5 Å². The van der Waals surface area contributed by atoms with Crippen molar-refractivity contribution >= 4 is 34.8 Å². The standard InChI is InChI=1S/C14H14Cl3N3/c15-12-2-1-9(6-13(12)16)5-11(20-18)7-10-3-4-19-8-14(10)17/h1-4,6,8,11,20H,5,7,18H2. The average Bonchev–Trinajstić information content (AvgIpc) is 2.44. The molecule has 2 aromatic rings. The van der Waals surface area contributed by atoms with Crippen molar-refractivity contribution < 1.29 is 0 Å². The van der Waals surface area contributed by atoms with E-state index in [1.165, 1.54) is 0 Å². The van der Waals surface area contributed by atoms with Crippen LogP contribution < -0.4 is 11.3 Å². The monoisotopic (exact) mass is 329 g/mol. The summed E-state index contributed by atoms with van der Waals surface area (Å²) < 4.78 is 0. The van der Waals surface area contributed by atoms with E-state index in [1.807, 2.05) is 18.2 Å². The van der Waals surface area contributed by atoms with Crippen molar-refractivity contribution in [1.82, 2.24) is 10.4 Å². The zero-order valence-electron chi connectivity index (χ0n) is 10.6. The molecule has 1 aromatic carbocycles. The molecule has 1 atom stereocenters. The number of hydrogen-bond acceptors (Lipinski definition) is 3. The Kier molecular flexibility index (Phi) is 5.64. The summed E-state index contributed by atoms with van der Waals surface area (Å²) in [5.41, 5.74) is 4.87. The van der Waals surface area contributed by atoms with Gasteiger partial charge in [0.15, 0.2) is 0 Å². The summed E-state index contributed by atoms with van der Waals surface area (Å²) in [6.45, 7) is 0. The molecule has 1 unspecified atom stereocenters. The number of nitrogens with one attached hydrogen (secondary N) is 1. The molecular formula is C14H14Cl3N3. The third kappa shape index (κ3) is 4.08. The lowest BCUT2D eigenvalue weighted by atomic mass is 10.00. The quantitative estimate of drug-likeness (QED) is 0.650.